The summed E-state index contributed by atoms with van der Waals surface area (Å²) in [6, 6.07) is 16.7. The van der Waals surface area contributed by atoms with Crippen LogP contribution in [0.15, 0.2) is 60.8 Å². The number of amides is 2. The van der Waals surface area contributed by atoms with E-state index in [4.69, 9.17) is 5.10 Å². The van der Waals surface area contributed by atoms with Gasteiger partial charge in [-0.1, -0.05) is 42.5 Å². The van der Waals surface area contributed by atoms with Gasteiger partial charge in [0.15, 0.2) is 0 Å². The van der Waals surface area contributed by atoms with Crippen molar-refractivity contribution in [1.29, 1.82) is 0 Å². The minimum Gasteiger partial charge on any atom is -0.354 e. The molecule has 0 aliphatic carbocycles. The molecule has 0 bridgehead atoms. The molecule has 36 heavy (non-hydrogen) atoms. The molecule has 1 aliphatic rings. The predicted octanol–water partition coefficient (Wildman–Crippen LogP) is 4.99. The standard InChI is InChI=1S/C30H36N4O2/c1-21(2)31-30(36)25-14-16-33(17-15-25)28(35)13-12-27-20-34(19-24-8-6-5-7-9-24)32-29(27)26-11-10-22(3)23(4)18-26/h5-13,18,20-21,25H,14-17,19H2,1-4H3,(H,31,36)/b13-12+. The Morgan fingerprint density at radius 3 is 2.44 bits per heavy atom. The molecule has 188 valence electrons. The molecule has 2 heterocycles. The van der Waals surface area contributed by atoms with Crippen molar-refractivity contribution in [1.82, 2.24) is 20.0 Å². The fourth-order valence-electron chi connectivity index (χ4n) is 4.55. The summed E-state index contributed by atoms with van der Waals surface area (Å²) in [6.45, 7) is 9.98. The van der Waals surface area contributed by atoms with Crippen LogP contribution in [-0.4, -0.2) is 45.6 Å². The molecule has 1 aliphatic heterocycles. The minimum absolute atomic E-state index is 0.0203. The molecule has 0 radical (unpaired) electrons. The van der Waals surface area contributed by atoms with Crippen LogP contribution < -0.4 is 5.32 Å². The summed E-state index contributed by atoms with van der Waals surface area (Å²) in [7, 11) is 0. The molecule has 1 saturated heterocycles. The Kier molecular flexibility index (Phi) is 8.04. The highest BCUT2D eigenvalue weighted by atomic mass is 16.2. The summed E-state index contributed by atoms with van der Waals surface area (Å²) in [5.41, 5.74) is 6.42. The number of aryl methyl sites for hydroxylation is 2. The Morgan fingerprint density at radius 2 is 1.78 bits per heavy atom. The number of benzene rings is 2. The van der Waals surface area contributed by atoms with Gasteiger partial charge in [0.2, 0.25) is 11.8 Å². The summed E-state index contributed by atoms with van der Waals surface area (Å²) in [5, 5.41) is 7.87. The van der Waals surface area contributed by atoms with Gasteiger partial charge in [0.1, 0.15) is 0 Å². The van der Waals surface area contributed by atoms with Gasteiger partial charge in [-0.25, -0.2) is 0 Å². The number of nitrogens with one attached hydrogen (secondary N) is 1. The number of likely N-dealkylation sites (tertiary alicyclic amines) is 1. The highest BCUT2D eigenvalue weighted by Gasteiger charge is 2.26. The minimum atomic E-state index is -0.0282. The third kappa shape index (κ3) is 6.30. The lowest BCUT2D eigenvalue weighted by atomic mass is 9.95. The van der Waals surface area contributed by atoms with Crippen molar-refractivity contribution in [2.24, 2.45) is 5.92 Å². The molecule has 1 N–H and O–H groups in total. The second kappa shape index (κ2) is 11.4. The maximum absolute atomic E-state index is 13.0. The number of rotatable bonds is 7. The zero-order valence-electron chi connectivity index (χ0n) is 21.7. The monoisotopic (exact) mass is 484 g/mol. The van der Waals surface area contributed by atoms with Crippen LogP contribution in [0.4, 0.5) is 0 Å². The first-order valence-electron chi connectivity index (χ1n) is 12.8. The second-order valence-corrected chi connectivity index (χ2v) is 10.0. The average Bonchev–Trinajstić information content (AvgIpc) is 3.27. The first-order valence-corrected chi connectivity index (χ1v) is 12.8. The number of carbonyl (C=O) groups is 2. The molecular formula is C30H36N4O2. The van der Waals surface area contributed by atoms with Gasteiger partial charge >= 0.3 is 0 Å². The number of piperidine rings is 1. The SMILES string of the molecule is Cc1ccc(-c2nn(Cc3ccccc3)cc2/C=C/C(=O)N2CCC(C(=O)NC(C)C)CC2)cc1C. The Balaban J connectivity index is 1.51. The molecule has 1 fully saturated rings. The molecule has 6 nitrogen and oxygen atoms in total. The third-order valence-corrected chi connectivity index (χ3v) is 6.77. The Bertz CT molecular complexity index is 1240. The third-order valence-electron chi connectivity index (χ3n) is 6.77. The molecule has 0 spiro atoms. The van der Waals surface area contributed by atoms with Gasteiger partial charge in [-0.05, 0) is 69.4 Å². The predicted molar refractivity (Wildman–Crippen MR) is 144 cm³/mol. The number of carbonyl (C=O) groups excluding carboxylic acids is 2. The van der Waals surface area contributed by atoms with E-state index in [1.165, 1.54) is 16.7 Å². The molecule has 0 unspecified atom stereocenters. The van der Waals surface area contributed by atoms with Crippen molar-refractivity contribution in [2.75, 3.05) is 13.1 Å². The normalized spacial score (nSPS) is 14.5. The van der Waals surface area contributed by atoms with Crippen LogP contribution in [0.25, 0.3) is 17.3 Å². The van der Waals surface area contributed by atoms with E-state index in [-0.39, 0.29) is 23.8 Å². The molecule has 1 aromatic heterocycles. The summed E-state index contributed by atoms with van der Waals surface area (Å²) < 4.78 is 1.93. The van der Waals surface area contributed by atoms with Crippen molar-refractivity contribution in [3.8, 4) is 11.3 Å². The number of hydrogen-bond acceptors (Lipinski definition) is 3. The van der Waals surface area contributed by atoms with Crippen LogP contribution in [0.3, 0.4) is 0 Å². The summed E-state index contributed by atoms with van der Waals surface area (Å²) in [5.74, 6) is 0.0455. The van der Waals surface area contributed by atoms with Gasteiger partial charge < -0.3 is 10.2 Å². The lowest BCUT2D eigenvalue weighted by molar-refractivity contribution is -0.132. The number of aromatic nitrogens is 2. The molecule has 3 aromatic rings. The molecule has 2 aromatic carbocycles. The molecule has 2 amide bonds. The van der Waals surface area contributed by atoms with Gasteiger partial charge in [-0.15, -0.1) is 0 Å². The maximum atomic E-state index is 13.0. The fourth-order valence-corrected chi connectivity index (χ4v) is 4.55. The Morgan fingerprint density at radius 1 is 1.06 bits per heavy atom. The van der Waals surface area contributed by atoms with Crippen LogP contribution >= 0.6 is 0 Å². The molecule has 0 saturated carbocycles. The summed E-state index contributed by atoms with van der Waals surface area (Å²) in [6.07, 6.45) is 6.91. The van der Waals surface area contributed by atoms with E-state index in [0.717, 1.165) is 16.8 Å². The van der Waals surface area contributed by atoms with Crippen LogP contribution in [0.5, 0.6) is 0 Å². The molecule has 0 atom stereocenters. The van der Waals surface area contributed by atoms with Crippen LogP contribution in [-0.2, 0) is 16.1 Å². The van der Waals surface area contributed by atoms with Gasteiger partial charge in [0.25, 0.3) is 0 Å². The first-order chi connectivity index (χ1) is 17.3. The zero-order valence-corrected chi connectivity index (χ0v) is 21.7. The van der Waals surface area contributed by atoms with Gasteiger partial charge in [-0.2, -0.15) is 5.10 Å². The van der Waals surface area contributed by atoms with Crippen molar-refractivity contribution < 1.29 is 9.59 Å². The lowest BCUT2D eigenvalue weighted by Crippen LogP contribution is -2.43. The molecule has 4 rings (SSSR count). The summed E-state index contributed by atoms with van der Waals surface area (Å²) in [4.78, 5) is 27.1. The van der Waals surface area contributed by atoms with Crippen LogP contribution in [0, 0.1) is 19.8 Å². The van der Waals surface area contributed by atoms with E-state index in [1.807, 2.05) is 53.9 Å². The van der Waals surface area contributed by atoms with Gasteiger partial charge in [-0.3, -0.25) is 14.3 Å². The van der Waals surface area contributed by atoms with E-state index in [9.17, 15) is 9.59 Å². The molecule has 6 heteroatoms. The van der Waals surface area contributed by atoms with Gasteiger partial charge in [0, 0.05) is 48.4 Å². The van der Waals surface area contributed by atoms with E-state index in [0.29, 0.717) is 32.5 Å². The molecular weight excluding hydrogens is 448 g/mol. The highest BCUT2D eigenvalue weighted by Crippen LogP contribution is 2.26. The topological polar surface area (TPSA) is 67.2 Å². The van der Waals surface area contributed by atoms with Crippen molar-refractivity contribution >= 4 is 17.9 Å². The zero-order chi connectivity index (χ0) is 25.7. The number of hydrogen-bond donors (Lipinski definition) is 1. The van der Waals surface area contributed by atoms with Crippen LogP contribution in [0.2, 0.25) is 0 Å². The largest absolute Gasteiger partial charge is 0.354 e. The van der Waals surface area contributed by atoms with Crippen LogP contribution in [0.1, 0.15) is 48.9 Å². The Labute approximate surface area is 214 Å². The van der Waals surface area contributed by atoms with Crippen molar-refractivity contribution in [3.05, 3.63) is 83.1 Å². The second-order valence-electron chi connectivity index (χ2n) is 10.0. The van der Waals surface area contributed by atoms with E-state index < -0.39 is 0 Å². The smallest absolute Gasteiger partial charge is 0.246 e. The highest BCUT2D eigenvalue weighted by molar-refractivity contribution is 5.93. The average molecular weight is 485 g/mol. The van der Waals surface area contributed by atoms with E-state index >= 15 is 0 Å². The first kappa shape index (κ1) is 25.4. The van der Waals surface area contributed by atoms with Crippen molar-refractivity contribution in [3.63, 3.8) is 0 Å². The van der Waals surface area contributed by atoms with E-state index in [1.54, 1.807) is 6.08 Å². The van der Waals surface area contributed by atoms with Crippen molar-refractivity contribution in [2.45, 2.75) is 53.1 Å². The fraction of sp³-hybridized carbons (Fsp3) is 0.367. The number of nitrogens with zero attached hydrogens (tertiary/aromatic N) is 3. The summed E-state index contributed by atoms with van der Waals surface area (Å²) >= 11 is 0. The Hall–Kier alpha value is -3.67. The quantitative estimate of drug-likeness (QED) is 0.481. The van der Waals surface area contributed by atoms with E-state index in [2.05, 4.69) is 49.5 Å². The lowest BCUT2D eigenvalue weighted by Gasteiger charge is -2.31. The van der Waals surface area contributed by atoms with Gasteiger partial charge in [0.05, 0.1) is 12.2 Å². The maximum Gasteiger partial charge on any atom is 0.246 e.